The van der Waals surface area contributed by atoms with Gasteiger partial charge < -0.3 is 10.4 Å². The molecular weight excluding hydrogens is 181 g/mol. The van der Waals surface area contributed by atoms with Crippen molar-refractivity contribution in [3.8, 4) is 0 Å². The molecular formula is C11H14FNO. The predicted octanol–water partition coefficient (Wildman–Crippen LogP) is 2.15. The van der Waals surface area contributed by atoms with Crippen LogP contribution in [0.25, 0.3) is 0 Å². The van der Waals surface area contributed by atoms with Crippen molar-refractivity contribution in [3.63, 3.8) is 0 Å². The van der Waals surface area contributed by atoms with E-state index in [0.29, 0.717) is 5.69 Å². The standard InChI is InChI=1S/C11H14FNO/c12-9-4-1-2-5-10(9)13-11(8-14)6-3-7-11/h1-2,4-5,13-14H,3,6-8H2. The third-order valence-corrected chi connectivity index (χ3v) is 2.89. The van der Waals surface area contributed by atoms with Crippen molar-refractivity contribution in [2.45, 2.75) is 24.8 Å². The third kappa shape index (κ3) is 1.60. The summed E-state index contributed by atoms with van der Waals surface area (Å²) in [6, 6.07) is 6.57. The zero-order chi connectivity index (χ0) is 10.0. The lowest BCUT2D eigenvalue weighted by atomic mass is 9.77. The molecule has 0 bridgehead atoms. The van der Waals surface area contributed by atoms with E-state index < -0.39 is 0 Å². The van der Waals surface area contributed by atoms with Gasteiger partial charge in [-0.1, -0.05) is 12.1 Å². The van der Waals surface area contributed by atoms with Crippen LogP contribution < -0.4 is 5.32 Å². The highest BCUT2D eigenvalue weighted by atomic mass is 19.1. The normalized spacial score (nSPS) is 18.7. The topological polar surface area (TPSA) is 32.3 Å². The van der Waals surface area contributed by atoms with Gasteiger partial charge in [-0.05, 0) is 31.4 Å². The van der Waals surface area contributed by atoms with Crippen molar-refractivity contribution in [2.75, 3.05) is 11.9 Å². The molecule has 2 nitrogen and oxygen atoms in total. The second-order valence-electron chi connectivity index (χ2n) is 3.90. The second kappa shape index (κ2) is 3.58. The van der Waals surface area contributed by atoms with Gasteiger partial charge in [0.05, 0.1) is 17.8 Å². The van der Waals surface area contributed by atoms with Gasteiger partial charge in [-0.15, -0.1) is 0 Å². The number of halogens is 1. The first-order valence-corrected chi connectivity index (χ1v) is 4.89. The molecule has 76 valence electrons. The Hall–Kier alpha value is -1.09. The summed E-state index contributed by atoms with van der Waals surface area (Å²) >= 11 is 0. The van der Waals surface area contributed by atoms with Crippen molar-refractivity contribution >= 4 is 5.69 Å². The van der Waals surface area contributed by atoms with E-state index in [-0.39, 0.29) is 18.0 Å². The van der Waals surface area contributed by atoms with Crippen LogP contribution in [0.3, 0.4) is 0 Å². The molecule has 3 heteroatoms. The minimum Gasteiger partial charge on any atom is -0.394 e. The number of aliphatic hydroxyl groups is 1. The Balaban J connectivity index is 2.13. The minimum atomic E-state index is -0.276. The highest BCUT2D eigenvalue weighted by Gasteiger charge is 2.36. The maximum Gasteiger partial charge on any atom is 0.146 e. The van der Waals surface area contributed by atoms with Gasteiger partial charge in [0, 0.05) is 0 Å². The molecule has 2 rings (SSSR count). The molecule has 0 atom stereocenters. The van der Waals surface area contributed by atoms with E-state index in [1.54, 1.807) is 18.2 Å². The van der Waals surface area contributed by atoms with Gasteiger partial charge in [-0.2, -0.15) is 0 Å². The smallest absolute Gasteiger partial charge is 0.146 e. The van der Waals surface area contributed by atoms with Gasteiger partial charge in [0.2, 0.25) is 0 Å². The average molecular weight is 195 g/mol. The molecule has 1 aromatic carbocycles. The summed E-state index contributed by atoms with van der Waals surface area (Å²) in [5.74, 6) is -0.257. The minimum absolute atomic E-state index is 0.0708. The Labute approximate surface area is 82.8 Å². The highest BCUT2D eigenvalue weighted by molar-refractivity contribution is 5.47. The van der Waals surface area contributed by atoms with Crippen LogP contribution in [0.2, 0.25) is 0 Å². The monoisotopic (exact) mass is 195 g/mol. The van der Waals surface area contributed by atoms with E-state index in [9.17, 15) is 9.50 Å². The van der Waals surface area contributed by atoms with Gasteiger partial charge in [0.25, 0.3) is 0 Å². The summed E-state index contributed by atoms with van der Waals surface area (Å²) in [5.41, 5.74) is 0.212. The number of aliphatic hydroxyl groups excluding tert-OH is 1. The van der Waals surface area contributed by atoms with Crippen LogP contribution in [-0.4, -0.2) is 17.3 Å². The number of anilines is 1. The number of para-hydroxylation sites is 1. The second-order valence-corrected chi connectivity index (χ2v) is 3.90. The number of nitrogens with one attached hydrogen (secondary N) is 1. The molecule has 2 N–H and O–H groups in total. The Morgan fingerprint density at radius 1 is 1.36 bits per heavy atom. The number of hydrogen-bond donors (Lipinski definition) is 2. The van der Waals surface area contributed by atoms with Crippen LogP contribution >= 0.6 is 0 Å². The summed E-state index contributed by atoms with van der Waals surface area (Å²) in [6.07, 6.45) is 2.93. The van der Waals surface area contributed by atoms with E-state index in [2.05, 4.69) is 5.32 Å². The summed E-state index contributed by atoms with van der Waals surface area (Å²) in [7, 11) is 0. The van der Waals surface area contributed by atoms with Crippen LogP contribution in [0.5, 0.6) is 0 Å². The lowest BCUT2D eigenvalue weighted by Crippen LogP contribution is -2.48. The van der Waals surface area contributed by atoms with Crippen molar-refractivity contribution in [1.82, 2.24) is 0 Å². The fourth-order valence-electron chi connectivity index (χ4n) is 1.77. The molecule has 0 amide bonds. The lowest BCUT2D eigenvalue weighted by Gasteiger charge is -2.41. The number of benzene rings is 1. The lowest BCUT2D eigenvalue weighted by molar-refractivity contribution is 0.144. The number of hydrogen-bond acceptors (Lipinski definition) is 2. The Morgan fingerprint density at radius 2 is 2.07 bits per heavy atom. The predicted molar refractivity (Wildman–Crippen MR) is 53.7 cm³/mol. The Kier molecular flexibility index (Phi) is 2.42. The Morgan fingerprint density at radius 3 is 2.57 bits per heavy atom. The fourth-order valence-corrected chi connectivity index (χ4v) is 1.77. The zero-order valence-corrected chi connectivity index (χ0v) is 7.96. The van der Waals surface area contributed by atoms with Crippen LogP contribution in [0.4, 0.5) is 10.1 Å². The summed E-state index contributed by atoms with van der Waals surface area (Å²) < 4.78 is 13.3. The third-order valence-electron chi connectivity index (χ3n) is 2.89. The molecule has 0 unspecified atom stereocenters. The van der Waals surface area contributed by atoms with Crippen LogP contribution in [0.1, 0.15) is 19.3 Å². The first-order chi connectivity index (χ1) is 6.76. The maximum atomic E-state index is 13.3. The van der Waals surface area contributed by atoms with Crippen LogP contribution in [-0.2, 0) is 0 Å². The van der Waals surface area contributed by atoms with E-state index >= 15 is 0 Å². The summed E-state index contributed by atoms with van der Waals surface area (Å²) in [6.45, 7) is 0.0708. The summed E-state index contributed by atoms with van der Waals surface area (Å²) in [5, 5.41) is 12.3. The van der Waals surface area contributed by atoms with Gasteiger partial charge >= 0.3 is 0 Å². The molecule has 1 aliphatic carbocycles. The fraction of sp³-hybridized carbons (Fsp3) is 0.455. The largest absolute Gasteiger partial charge is 0.394 e. The molecule has 0 aromatic heterocycles. The molecule has 1 aliphatic rings. The van der Waals surface area contributed by atoms with Crippen LogP contribution in [0, 0.1) is 5.82 Å². The maximum absolute atomic E-state index is 13.3. The number of rotatable bonds is 3. The van der Waals surface area contributed by atoms with E-state index in [4.69, 9.17) is 0 Å². The van der Waals surface area contributed by atoms with E-state index in [1.807, 2.05) is 0 Å². The van der Waals surface area contributed by atoms with Crippen molar-refractivity contribution in [2.24, 2.45) is 0 Å². The summed E-state index contributed by atoms with van der Waals surface area (Å²) in [4.78, 5) is 0. The molecule has 14 heavy (non-hydrogen) atoms. The van der Waals surface area contributed by atoms with Gasteiger partial charge in [0.15, 0.2) is 0 Å². The molecule has 0 aliphatic heterocycles. The zero-order valence-electron chi connectivity index (χ0n) is 7.96. The molecule has 1 saturated carbocycles. The molecule has 0 spiro atoms. The van der Waals surface area contributed by atoms with E-state index in [1.165, 1.54) is 6.07 Å². The SMILES string of the molecule is OCC1(Nc2ccccc2F)CCC1. The van der Waals surface area contributed by atoms with Crippen LogP contribution in [0.15, 0.2) is 24.3 Å². The van der Waals surface area contributed by atoms with Gasteiger partial charge in [-0.3, -0.25) is 0 Å². The molecule has 1 aromatic rings. The quantitative estimate of drug-likeness (QED) is 0.774. The highest BCUT2D eigenvalue weighted by Crippen LogP contribution is 2.35. The average Bonchev–Trinajstić information content (AvgIpc) is 2.14. The van der Waals surface area contributed by atoms with Gasteiger partial charge in [0.1, 0.15) is 5.82 Å². The van der Waals surface area contributed by atoms with Gasteiger partial charge in [-0.25, -0.2) is 4.39 Å². The van der Waals surface area contributed by atoms with Crippen molar-refractivity contribution < 1.29 is 9.50 Å². The Bertz CT molecular complexity index is 317. The van der Waals surface area contributed by atoms with E-state index in [0.717, 1.165) is 19.3 Å². The van der Waals surface area contributed by atoms with Crippen molar-refractivity contribution in [1.29, 1.82) is 0 Å². The molecule has 0 heterocycles. The first kappa shape index (κ1) is 9.46. The van der Waals surface area contributed by atoms with Crippen molar-refractivity contribution in [3.05, 3.63) is 30.1 Å². The molecule has 0 radical (unpaired) electrons. The molecule has 1 fully saturated rings. The molecule has 0 saturated heterocycles. The first-order valence-electron chi connectivity index (χ1n) is 4.89.